The molecule has 15 nitrogen and oxygen atoms in total. The summed E-state index contributed by atoms with van der Waals surface area (Å²) in [6.45, 7) is -0.881. The second kappa shape index (κ2) is 9.75. The number of aromatic hydroxyl groups is 1. The summed E-state index contributed by atoms with van der Waals surface area (Å²) in [6.07, 6.45) is -4.83. The number of anilines is 3. The quantitative estimate of drug-likeness (QED) is 0.150. The molecule has 1 aliphatic heterocycles. The first-order valence-electron chi connectivity index (χ1n) is 11.4. The number of aromatic nitrogens is 4. The molecule has 0 unspecified atom stereocenters. The number of imidazole rings is 1. The van der Waals surface area contributed by atoms with E-state index in [0.29, 0.717) is 5.69 Å². The van der Waals surface area contributed by atoms with E-state index >= 15 is 0 Å². The molecule has 0 aliphatic carbocycles. The second-order valence-electron chi connectivity index (χ2n) is 8.57. The van der Waals surface area contributed by atoms with Gasteiger partial charge in [-0.05, 0) is 24.3 Å². The lowest BCUT2D eigenvalue weighted by Gasteiger charge is -2.32. The van der Waals surface area contributed by atoms with Crippen LogP contribution in [0.25, 0.3) is 11.2 Å². The minimum absolute atomic E-state index is 0.0644. The fourth-order valence-electron chi connectivity index (χ4n) is 4.24. The number of fused-ring (bicyclic) bond motifs is 1. The highest BCUT2D eigenvalue weighted by Crippen LogP contribution is 2.42. The molecule has 4 atom stereocenters. The number of nitrogens with two attached hydrogens (primary N) is 1. The highest BCUT2D eigenvalue weighted by atomic mass is 32.2. The third-order valence-corrected chi connectivity index (χ3v) is 7.89. The van der Waals surface area contributed by atoms with Gasteiger partial charge in [0.1, 0.15) is 35.9 Å². The Morgan fingerprint density at radius 1 is 1.10 bits per heavy atom. The molecule has 0 radical (unpaired) electrons. The molecule has 0 saturated carbocycles. The Hall–Kier alpha value is -4.35. The number of hydrogen-bond donors (Lipinski definition) is 7. The molecule has 1 amide bonds. The summed E-state index contributed by atoms with van der Waals surface area (Å²) in [5.41, 5.74) is 5.92. The summed E-state index contributed by atoms with van der Waals surface area (Å²) in [6, 6.07) is 13.9. The number of ether oxygens (including phenoxy) is 1. The van der Waals surface area contributed by atoms with Gasteiger partial charge in [0.15, 0.2) is 11.5 Å². The van der Waals surface area contributed by atoms with Crippen LogP contribution in [0.1, 0.15) is 10.4 Å². The molecule has 2 aromatic heterocycles. The van der Waals surface area contributed by atoms with Crippen molar-refractivity contribution in [2.24, 2.45) is 0 Å². The SMILES string of the molecule is Nc1nc(Nc2ccccc2)nc2c1ncn2[C@]1(S(=O)(=O)NC(=O)c2ccccc2O)O[C@H](CO)[C@@H](O)[C@H]1O. The van der Waals surface area contributed by atoms with E-state index in [4.69, 9.17) is 10.5 Å². The highest BCUT2D eigenvalue weighted by molar-refractivity contribution is 7.90. The van der Waals surface area contributed by atoms with Crippen molar-refractivity contribution in [2.45, 2.75) is 23.4 Å². The van der Waals surface area contributed by atoms with Gasteiger partial charge in [-0.25, -0.2) is 18.1 Å². The van der Waals surface area contributed by atoms with Crippen LogP contribution in [0.15, 0.2) is 60.9 Å². The van der Waals surface area contributed by atoms with Gasteiger partial charge in [-0.15, -0.1) is 0 Å². The third kappa shape index (κ3) is 4.29. The Bertz CT molecular complexity index is 1650. The molecule has 8 N–H and O–H groups in total. The predicted octanol–water partition coefficient (Wildman–Crippen LogP) is -0.659. The van der Waals surface area contributed by atoms with Crippen molar-refractivity contribution in [1.82, 2.24) is 24.2 Å². The van der Waals surface area contributed by atoms with E-state index in [9.17, 15) is 33.6 Å². The molecule has 16 heteroatoms. The molecule has 0 spiro atoms. The summed E-state index contributed by atoms with van der Waals surface area (Å²) >= 11 is 0. The van der Waals surface area contributed by atoms with Gasteiger partial charge in [-0.2, -0.15) is 9.97 Å². The van der Waals surface area contributed by atoms with Crippen LogP contribution in [-0.2, 0) is 19.8 Å². The Labute approximate surface area is 220 Å². The largest absolute Gasteiger partial charge is 0.507 e. The Morgan fingerprint density at radius 2 is 1.79 bits per heavy atom. The number of phenols is 1. The maximum atomic E-state index is 13.8. The average molecular weight is 558 g/mol. The highest BCUT2D eigenvalue weighted by Gasteiger charge is 2.65. The summed E-state index contributed by atoms with van der Waals surface area (Å²) in [5, 5.41) is 41.3. The molecular formula is C23H23N7O8S. The number of aliphatic hydroxyl groups excluding tert-OH is 3. The van der Waals surface area contributed by atoms with Gasteiger partial charge in [-0.3, -0.25) is 9.36 Å². The number of carbonyl (C=O) groups excluding carboxylic acids is 1. The molecule has 1 aliphatic rings. The molecule has 5 rings (SSSR count). The Kier molecular flexibility index (Phi) is 6.57. The molecular weight excluding hydrogens is 534 g/mol. The number of amides is 1. The van der Waals surface area contributed by atoms with Gasteiger partial charge in [0.2, 0.25) is 5.95 Å². The minimum atomic E-state index is -5.16. The van der Waals surface area contributed by atoms with Crippen LogP contribution in [0.3, 0.4) is 0 Å². The van der Waals surface area contributed by atoms with E-state index < -0.39 is 51.7 Å². The van der Waals surface area contributed by atoms with Crippen LogP contribution in [-0.4, -0.2) is 79.2 Å². The smallest absolute Gasteiger partial charge is 0.300 e. The van der Waals surface area contributed by atoms with Crippen molar-refractivity contribution in [3.05, 3.63) is 66.5 Å². The molecule has 1 saturated heterocycles. The maximum absolute atomic E-state index is 13.8. The Balaban J connectivity index is 1.67. The van der Waals surface area contributed by atoms with Crippen molar-refractivity contribution in [2.75, 3.05) is 17.7 Å². The Morgan fingerprint density at radius 3 is 2.46 bits per heavy atom. The average Bonchev–Trinajstić information content (AvgIpc) is 3.44. The zero-order valence-corrected chi connectivity index (χ0v) is 20.7. The monoisotopic (exact) mass is 557 g/mol. The molecule has 39 heavy (non-hydrogen) atoms. The summed E-state index contributed by atoms with van der Waals surface area (Å²) < 4.78 is 35.8. The molecule has 4 aromatic rings. The first kappa shape index (κ1) is 26.3. The predicted molar refractivity (Wildman–Crippen MR) is 136 cm³/mol. The van der Waals surface area contributed by atoms with Gasteiger partial charge in [-0.1, -0.05) is 30.3 Å². The van der Waals surface area contributed by atoms with E-state index in [0.717, 1.165) is 10.9 Å². The van der Waals surface area contributed by atoms with Crippen LogP contribution in [0, 0.1) is 0 Å². The van der Waals surface area contributed by atoms with Crippen LogP contribution in [0.5, 0.6) is 5.75 Å². The van der Waals surface area contributed by atoms with Crippen LogP contribution in [0.2, 0.25) is 0 Å². The lowest BCUT2D eigenvalue weighted by molar-refractivity contribution is -0.0847. The van der Waals surface area contributed by atoms with Crippen LogP contribution >= 0.6 is 0 Å². The number of hydrogen-bond acceptors (Lipinski definition) is 13. The maximum Gasteiger partial charge on any atom is 0.300 e. The van der Waals surface area contributed by atoms with Crippen molar-refractivity contribution < 1.29 is 38.4 Å². The second-order valence-corrected chi connectivity index (χ2v) is 10.4. The number of aliphatic hydroxyl groups is 3. The van der Waals surface area contributed by atoms with E-state index in [1.54, 1.807) is 35.1 Å². The summed E-state index contributed by atoms with van der Waals surface area (Å²) in [5.74, 6) is -1.99. The fourth-order valence-corrected chi connectivity index (χ4v) is 5.84. The molecule has 2 aromatic carbocycles. The van der Waals surface area contributed by atoms with Crippen LogP contribution in [0.4, 0.5) is 17.5 Å². The summed E-state index contributed by atoms with van der Waals surface area (Å²) in [7, 11) is -5.16. The summed E-state index contributed by atoms with van der Waals surface area (Å²) in [4.78, 5) is 25.4. The molecule has 204 valence electrons. The number of nitrogens with one attached hydrogen (secondary N) is 2. The lowest BCUT2D eigenvalue weighted by Crippen LogP contribution is -2.56. The van der Waals surface area contributed by atoms with E-state index in [2.05, 4.69) is 20.3 Å². The molecule has 0 bridgehead atoms. The third-order valence-electron chi connectivity index (χ3n) is 6.13. The number of benzene rings is 2. The van der Waals surface area contributed by atoms with E-state index in [-0.39, 0.29) is 28.5 Å². The van der Waals surface area contributed by atoms with Gasteiger partial charge in [0.05, 0.1) is 12.2 Å². The molecule has 3 heterocycles. The number of nitrogen functional groups attached to an aromatic ring is 1. The van der Waals surface area contributed by atoms with Gasteiger partial charge >= 0.3 is 5.06 Å². The number of carbonyl (C=O) groups is 1. The first-order valence-corrected chi connectivity index (χ1v) is 12.9. The number of nitrogens with zero attached hydrogens (tertiary/aromatic N) is 4. The standard InChI is InChI=1S/C23H23N7O8S/c24-19-16-20(28-22(27-19)26-12-6-2-1-3-7-12)30(11-25-16)23(18(34)17(33)15(10-31)38-23)39(36,37)29-21(35)13-8-4-5-9-14(13)32/h1-9,11,15,17-18,31-34H,10H2,(H,29,35)(H3,24,26,27,28)/t15-,17-,18-,23+/m1/s1. The zero-order chi connectivity index (χ0) is 27.9. The van der Waals surface area contributed by atoms with Crippen molar-refractivity contribution in [3.63, 3.8) is 0 Å². The normalized spacial score (nSPS) is 23.1. The van der Waals surface area contributed by atoms with Gasteiger partial charge in [0.25, 0.3) is 15.9 Å². The van der Waals surface area contributed by atoms with Crippen LogP contribution < -0.4 is 15.8 Å². The number of para-hydroxylation sites is 2. The van der Waals surface area contributed by atoms with Crippen molar-refractivity contribution >= 4 is 44.5 Å². The van der Waals surface area contributed by atoms with Crippen molar-refractivity contribution in [3.8, 4) is 5.75 Å². The fraction of sp³-hybridized carbons (Fsp3) is 0.217. The molecule has 1 fully saturated rings. The van der Waals surface area contributed by atoms with Gasteiger partial charge in [0, 0.05) is 5.69 Å². The lowest BCUT2D eigenvalue weighted by atomic mass is 10.1. The van der Waals surface area contributed by atoms with E-state index in [1.807, 2.05) is 0 Å². The minimum Gasteiger partial charge on any atom is -0.507 e. The zero-order valence-electron chi connectivity index (χ0n) is 19.9. The number of sulfonamides is 1. The topological polar surface area (TPSA) is 235 Å². The first-order chi connectivity index (χ1) is 18.6. The van der Waals surface area contributed by atoms with E-state index in [1.165, 1.54) is 24.3 Å². The van der Waals surface area contributed by atoms with Crippen molar-refractivity contribution in [1.29, 1.82) is 0 Å². The number of rotatable bonds is 7. The van der Waals surface area contributed by atoms with Gasteiger partial charge < -0.3 is 36.2 Å². The number of phenolic OH excluding ortho intramolecular Hbond substituents is 1.